The minimum absolute atomic E-state index is 0.210. The molecule has 0 aromatic carbocycles. The number of hydrogen-bond acceptors (Lipinski definition) is 5. The number of aromatic nitrogens is 1. The van der Waals surface area contributed by atoms with Gasteiger partial charge in [-0.25, -0.2) is 4.98 Å². The quantitative estimate of drug-likeness (QED) is 0.577. The molecule has 0 aliphatic carbocycles. The van der Waals surface area contributed by atoms with Crippen LogP contribution in [-0.2, 0) is 17.7 Å². The number of ether oxygens (including phenoxy) is 1. The van der Waals surface area contributed by atoms with Gasteiger partial charge in [-0.05, 0) is 12.3 Å². The highest BCUT2D eigenvalue weighted by molar-refractivity contribution is 7.09. The molecule has 1 saturated heterocycles. The average molecular weight is 354 g/mol. The van der Waals surface area contributed by atoms with Crippen LogP contribution in [0, 0.1) is 5.92 Å². The number of nitrogens with zero attached hydrogens (tertiary/aromatic N) is 3. The predicted octanol–water partition coefficient (Wildman–Crippen LogP) is 1.73. The lowest BCUT2D eigenvalue weighted by molar-refractivity contribution is -0.0284. The van der Waals surface area contributed by atoms with E-state index in [4.69, 9.17) is 4.74 Å². The lowest BCUT2D eigenvalue weighted by Gasteiger charge is -2.34. The highest BCUT2D eigenvalue weighted by Gasteiger charge is 2.21. The van der Waals surface area contributed by atoms with Crippen LogP contribution in [0.15, 0.2) is 10.4 Å². The van der Waals surface area contributed by atoms with Gasteiger partial charge in [0.25, 0.3) is 0 Å². The number of nitrogens with one attached hydrogen (secondary N) is 2. The molecule has 0 radical (unpaired) electrons. The maximum atomic E-state index is 5.87. The summed E-state index contributed by atoms with van der Waals surface area (Å²) < 4.78 is 5.87. The number of morpholine rings is 1. The van der Waals surface area contributed by atoms with Gasteiger partial charge in [-0.1, -0.05) is 20.8 Å². The number of aliphatic imine (C=N–C) groups is 1. The third-order valence-corrected chi connectivity index (χ3v) is 4.95. The van der Waals surface area contributed by atoms with Crippen molar-refractivity contribution in [2.75, 3.05) is 39.8 Å². The minimum Gasteiger partial charge on any atom is -0.374 e. The smallest absolute Gasteiger partial charge is 0.191 e. The fourth-order valence-electron chi connectivity index (χ4n) is 2.78. The second kappa shape index (κ2) is 9.96. The van der Waals surface area contributed by atoms with Gasteiger partial charge in [0.05, 0.1) is 30.0 Å². The number of thiazole rings is 1. The van der Waals surface area contributed by atoms with Crippen LogP contribution in [0.1, 0.15) is 31.5 Å². The molecule has 2 rings (SSSR count). The molecule has 1 fully saturated rings. The van der Waals surface area contributed by atoms with Crippen molar-refractivity contribution in [2.24, 2.45) is 10.9 Å². The highest BCUT2D eigenvalue weighted by atomic mass is 32.1. The molecule has 24 heavy (non-hydrogen) atoms. The normalized spacial score (nSPS) is 19.7. The van der Waals surface area contributed by atoms with Crippen molar-refractivity contribution in [3.63, 3.8) is 0 Å². The maximum Gasteiger partial charge on any atom is 0.191 e. The molecule has 136 valence electrons. The van der Waals surface area contributed by atoms with E-state index in [1.165, 1.54) is 5.01 Å². The first-order chi connectivity index (χ1) is 11.6. The Kier molecular flexibility index (Phi) is 7.94. The van der Waals surface area contributed by atoms with Gasteiger partial charge in [0.1, 0.15) is 0 Å². The van der Waals surface area contributed by atoms with Crippen molar-refractivity contribution in [3.8, 4) is 0 Å². The maximum absolute atomic E-state index is 5.87. The molecule has 0 bridgehead atoms. The van der Waals surface area contributed by atoms with E-state index in [1.807, 2.05) is 0 Å². The van der Waals surface area contributed by atoms with Gasteiger partial charge in [-0.15, -0.1) is 11.3 Å². The van der Waals surface area contributed by atoms with Crippen molar-refractivity contribution in [1.82, 2.24) is 20.5 Å². The minimum atomic E-state index is 0.210. The Balaban J connectivity index is 1.72. The van der Waals surface area contributed by atoms with Gasteiger partial charge in [-0.2, -0.15) is 0 Å². The van der Waals surface area contributed by atoms with Gasteiger partial charge in [-0.3, -0.25) is 9.89 Å². The first kappa shape index (κ1) is 19.1. The van der Waals surface area contributed by atoms with Crippen LogP contribution < -0.4 is 10.6 Å². The van der Waals surface area contributed by atoms with E-state index < -0.39 is 0 Å². The molecule has 1 aromatic heterocycles. The Hall–Kier alpha value is -1.18. The fourth-order valence-corrected chi connectivity index (χ4v) is 3.53. The van der Waals surface area contributed by atoms with E-state index in [2.05, 4.69) is 51.7 Å². The summed E-state index contributed by atoms with van der Waals surface area (Å²) in [6, 6.07) is 0. The summed E-state index contributed by atoms with van der Waals surface area (Å²) in [5.41, 5.74) is 1.07. The summed E-state index contributed by atoms with van der Waals surface area (Å²) in [4.78, 5) is 11.3. The summed E-state index contributed by atoms with van der Waals surface area (Å²) in [5.74, 6) is 1.49. The Labute approximate surface area is 149 Å². The van der Waals surface area contributed by atoms with Crippen molar-refractivity contribution in [3.05, 3.63) is 16.1 Å². The van der Waals surface area contributed by atoms with E-state index in [0.717, 1.165) is 50.9 Å². The van der Waals surface area contributed by atoms with E-state index in [0.29, 0.717) is 12.5 Å². The van der Waals surface area contributed by atoms with Crippen molar-refractivity contribution in [1.29, 1.82) is 0 Å². The fraction of sp³-hybridized carbons (Fsp3) is 0.765. The first-order valence-corrected chi connectivity index (χ1v) is 9.70. The molecule has 1 unspecified atom stereocenters. The van der Waals surface area contributed by atoms with Gasteiger partial charge < -0.3 is 15.4 Å². The summed E-state index contributed by atoms with van der Waals surface area (Å²) in [6.07, 6.45) is 1.20. The first-order valence-electron chi connectivity index (χ1n) is 8.82. The third-order valence-electron chi connectivity index (χ3n) is 3.91. The Morgan fingerprint density at radius 3 is 3.00 bits per heavy atom. The largest absolute Gasteiger partial charge is 0.374 e. The molecule has 1 aliphatic heterocycles. The van der Waals surface area contributed by atoms with Crippen LogP contribution in [0.25, 0.3) is 0 Å². The molecule has 7 heteroatoms. The molecule has 1 aliphatic rings. The van der Waals surface area contributed by atoms with E-state index in [9.17, 15) is 0 Å². The standard InChI is InChI=1S/C17H31N5OS/c1-5-16-21-14(12-24-16)8-19-17(18-4)20-9-15-11-22(6-7-23-15)10-13(2)3/h12-13,15H,5-11H2,1-4H3,(H2,18,19,20). The van der Waals surface area contributed by atoms with E-state index in [1.54, 1.807) is 18.4 Å². The second-order valence-electron chi connectivity index (χ2n) is 6.54. The highest BCUT2D eigenvalue weighted by Crippen LogP contribution is 2.10. The number of hydrogen-bond donors (Lipinski definition) is 2. The Morgan fingerprint density at radius 1 is 1.50 bits per heavy atom. The zero-order valence-electron chi connectivity index (χ0n) is 15.3. The molecule has 2 N–H and O–H groups in total. The monoisotopic (exact) mass is 353 g/mol. The average Bonchev–Trinajstić information content (AvgIpc) is 3.03. The molecule has 1 aromatic rings. The van der Waals surface area contributed by atoms with Gasteiger partial charge in [0.15, 0.2) is 5.96 Å². The van der Waals surface area contributed by atoms with E-state index in [-0.39, 0.29) is 6.10 Å². The Morgan fingerprint density at radius 2 is 2.33 bits per heavy atom. The molecular formula is C17H31N5OS. The van der Waals surface area contributed by atoms with Crippen molar-refractivity contribution >= 4 is 17.3 Å². The predicted molar refractivity (Wildman–Crippen MR) is 101 cm³/mol. The third kappa shape index (κ3) is 6.37. The van der Waals surface area contributed by atoms with Crippen molar-refractivity contribution < 1.29 is 4.74 Å². The van der Waals surface area contributed by atoms with Crippen LogP contribution in [0.4, 0.5) is 0 Å². The molecule has 0 spiro atoms. The molecule has 2 heterocycles. The van der Waals surface area contributed by atoms with E-state index >= 15 is 0 Å². The zero-order valence-corrected chi connectivity index (χ0v) is 16.2. The number of aryl methyl sites for hydroxylation is 1. The molecule has 1 atom stereocenters. The topological polar surface area (TPSA) is 61.8 Å². The van der Waals surface area contributed by atoms with Crippen LogP contribution in [0.5, 0.6) is 0 Å². The SMILES string of the molecule is CCc1nc(CNC(=NC)NCC2CN(CC(C)C)CCO2)cs1. The van der Waals surface area contributed by atoms with Gasteiger partial charge in [0.2, 0.25) is 0 Å². The Bertz CT molecular complexity index is 517. The summed E-state index contributed by atoms with van der Waals surface area (Å²) in [5, 5.41) is 9.97. The lowest BCUT2D eigenvalue weighted by Crippen LogP contribution is -2.50. The molecule has 0 saturated carbocycles. The zero-order chi connectivity index (χ0) is 17.4. The van der Waals surface area contributed by atoms with Crippen LogP contribution >= 0.6 is 11.3 Å². The van der Waals surface area contributed by atoms with Crippen molar-refractivity contribution in [2.45, 2.75) is 39.8 Å². The summed E-state index contributed by atoms with van der Waals surface area (Å²) in [6.45, 7) is 12.1. The molecule has 0 amide bonds. The summed E-state index contributed by atoms with van der Waals surface area (Å²) in [7, 11) is 1.79. The number of rotatable bonds is 7. The van der Waals surface area contributed by atoms with Gasteiger partial charge >= 0.3 is 0 Å². The van der Waals surface area contributed by atoms with Crippen LogP contribution in [-0.4, -0.2) is 61.8 Å². The van der Waals surface area contributed by atoms with Crippen LogP contribution in [0.2, 0.25) is 0 Å². The molecule has 6 nitrogen and oxygen atoms in total. The van der Waals surface area contributed by atoms with Crippen LogP contribution in [0.3, 0.4) is 0 Å². The second-order valence-corrected chi connectivity index (χ2v) is 7.48. The van der Waals surface area contributed by atoms with Gasteiger partial charge in [0, 0.05) is 38.6 Å². The number of guanidine groups is 1. The lowest BCUT2D eigenvalue weighted by atomic mass is 10.2. The summed E-state index contributed by atoms with van der Waals surface area (Å²) >= 11 is 1.71. The molecular weight excluding hydrogens is 322 g/mol.